The van der Waals surface area contributed by atoms with Gasteiger partial charge in [0.25, 0.3) is 0 Å². The lowest BCUT2D eigenvalue weighted by Gasteiger charge is -2.03. The Balaban J connectivity index is 2.74. The van der Waals surface area contributed by atoms with E-state index in [2.05, 4.69) is 10.4 Å². The van der Waals surface area contributed by atoms with E-state index in [4.69, 9.17) is 5.84 Å². The third-order valence-electron chi connectivity index (χ3n) is 2.07. The van der Waals surface area contributed by atoms with Crippen LogP contribution in [0.25, 0.3) is 10.9 Å². The number of fused-ring (bicyclic) bond motifs is 1. The van der Waals surface area contributed by atoms with Crippen molar-refractivity contribution in [3.63, 3.8) is 0 Å². The Bertz CT molecular complexity index is 437. The van der Waals surface area contributed by atoms with Crippen molar-refractivity contribution in [3.05, 3.63) is 35.9 Å². The third kappa shape index (κ3) is 1.34. The van der Waals surface area contributed by atoms with Gasteiger partial charge in [0, 0.05) is 5.39 Å². The number of nitrogens with one attached hydrogen (secondary N) is 1. The molecule has 0 bridgehead atoms. The quantitative estimate of drug-likeness (QED) is 0.511. The number of rotatable bonds is 1. The fourth-order valence-electron chi connectivity index (χ4n) is 1.38. The molecular weight excluding hydrogens is 162 g/mol. The average Bonchev–Trinajstić information content (AvgIpc) is 2.18. The summed E-state index contributed by atoms with van der Waals surface area (Å²) < 4.78 is 0. The first kappa shape index (κ1) is 8.01. The molecule has 0 aliphatic heterocycles. The summed E-state index contributed by atoms with van der Waals surface area (Å²) in [5.74, 6) is 5.97. The standard InChI is InChI=1S/C10H11N3/c1-7-3-2-4-8-5-6-9(13-11)12-10(7)8/h2-6H,11H2,1H3,(H,12,13). The minimum atomic E-state index is 0.696. The van der Waals surface area contributed by atoms with Crippen molar-refractivity contribution in [3.8, 4) is 0 Å². The zero-order chi connectivity index (χ0) is 9.26. The van der Waals surface area contributed by atoms with Gasteiger partial charge in [-0.2, -0.15) is 0 Å². The number of nitrogen functional groups attached to an aromatic ring is 1. The van der Waals surface area contributed by atoms with E-state index in [0.29, 0.717) is 5.82 Å². The molecule has 3 heteroatoms. The molecule has 2 aromatic rings. The summed E-state index contributed by atoms with van der Waals surface area (Å²) in [6.45, 7) is 2.04. The van der Waals surface area contributed by atoms with Crippen LogP contribution in [0.3, 0.4) is 0 Å². The Morgan fingerprint density at radius 2 is 2.08 bits per heavy atom. The molecule has 1 heterocycles. The van der Waals surface area contributed by atoms with Crippen molar-refractivity contribution in [2.24, 2.45) is 5.84 Å². The minimum Gasteiger partial charge on any atom is -0.308 e. The fourth-order valence-corrected chi connectivity index (χ4v) is 1.38. The zero-order valence-corrected chi connectivity index (χ0v) is 7.41. The van der Waals surface area contributed by atoms with Crippen LogP contribution in [-0.4, -0.2) is 4.98 Å². The Hall–Kier alpha value is -1.61. The van der Waals surface area contributed by atoms with Gasteiger partial charge >= 0.3 is 0 Å². The van der Waals surface area contributed by atoms with Crippen LogP contribution in [0.4, 0.5) is 5.82 Å². The van der Waals surface area contributed by atoms with Gasteiger partial charge in [-0.05, 0) is 24.6 Å². The van der Waals surface area contributed by atoms with Gasteiger partial charge in [-0.1, -0.05) is 18.2 Å². The second-order valence-corrected chi connectivity index (χ2v) is 2.99. The molecule has 0 radical (unpaired) electrons. The van der Waals surface area contributed by atoms with Crippen LogP contribution in [0, 0.1) is 6.92 Å². The summed E-state index contributed by atoms with van der Waals surface area (Å²) in [6.07, 6.45) is 0. The number of pyridine rings is 1. The molecule has 0 saturated carbocycles. The largest absolute Gasteiger partial charge is 0.308 e. The first-order chi connectivity index (χ1) is 6.31. The van der Waals surface area contributed by atoms with Crippen LogP contribution in [0.5, 0.6) is 0 Å². The molecule has 0 saturated heterocycles. The maximum absolute atomic E-state index is 5.28. The molecule has 0 aliphatic rings. The third-order valence-corrected chi connectivity index (χ3v) is 2.07. The molecule has 13 heavy (non-hydrogen) atoms. The van der Waals surface area contributed by atoms with Gasteiger partial charge in [0.2, 0.25) is 0 Å². The zero-order valence-electron chi connectivity index (χ0n) is 7.41. The van der Waals surface area contributed by atoms with Crippen molar-refractivity contribution in [2.45, 2.75) is 6.92 Å². The number of aryl methyl sites for hydroxylation is 1. The van der Waals surface area contributed by atoms with E-state index in [1.807, 2.05) is 37.3 Å². The normalized spacial score (nSPS) is 10.3. The highest BCUT2D eigenvalue weighted by molar-refractivity contribution is 5.83. The van der Waals surface area contributed by atoms with Gasteiger partial charge in [0.05, 0.1) is 5.52 Å². The number of hydrogen-bond donors (Lipinski definition) is 2. The Morgan fingerprint density at radius 3 is 2.85 bits per heavy atom. The number of hydrogen-bond acceptors (Lipinski definition) is 3. The van der Waals surface area contributed by atoms with Gasteiger partial charge in [-0.3, -0.25) is 0 Å². The van der Waals surface area contributed by atoms with Crippen molar-refractivity contribution in [2.75, 3.05) is 5.43 Å². The van der Waals surface area contributed by atoms with Crippen molar-refractivity contribution >= 4 is 16.7 Å². The Labute approximate surface area is 76.6 Å². The van der Waals surface area contributed by atoms with E-state index in [1.54, 1.807) is 0 Å². The molecule has 66 valence electrons. The highest BCUT2D eigenvalue weighted by Crippen LogP contribution is 2.17. The maximum Gasteiger partial charge on any atom is 0.140 e. The molecule has 0 atom stereocenters. The molecule has 2 rings (SSSR count). The summed E-state index contributed by atoms with van der Waals surface area (Å²) in [5.41, 5.74) is 4.69. The van der Waals surface area contributed by atoms with Crippen LogP contribution in [0.15, 0.2) is 30.3 Å². The first-order valence-corrected chi connectivity index (χ1v) is 4.14. The molecule has 1 aromatic carbocycles. The predicted molar refractivity (Wildman–Crippen MR) is 54.3 cm³/mol. The van der Waals surface area contributed by atoms with Crippen molar-refractivity contribution in [1.29, 1.82) is 0 Å². The number of anilines is 1. The fraction of sp³-hybridized carbons (Fsp3) is 0.100. The Morgan fingerprint density at radius 1 is 1.23 bits per heavy atom. The van der Waals surface area contributed by atoms with E-state index >= 15 is 0 Å². The number of para-hydroxylation sites is 1. The first-order valence-electron chi connectivity index (χ1n) is 4.14. The molecule has 0 unspecified atom stereocenters. The van der Waals surface area contributed by atoms with Crippen LogP contribution in [0.2, 0.25) is 0 Å². The molecule has 3 nitrogen and oxygen atoms in total. The van der Waals surface area contributed by atoms with E-state index in [9.17, 15) is 0 Å². The van der Waals surface area contributed by atoms with Gasteiger partial charge in [-0.25, -0.2) is 10.8 Å². The number of aromatic nitrogens is 1. The summed E-state index contributed by atoms with van der Waals surface area (Å²) in [4.78, 5) is 4.36. The number of nitrogens with two attached hydrogens (primary N) is 1. The van der Waals surface area contributed by atoms with Gasteiger partial charge in [0.1, 0.15) is 5.82 Å². The predicted octanol–water partition coefficient (Wildman–Crippen LogP) is 1.83. The molecule has 3 N–H and O–H groups in total. The van der Waals surface area contributed by atoms with Crippen molar-refractivity contribution in [1.82, 2.24) is 4.98 Å². The smallest absolute Gasteiger partial charge is 0.140 e. The van der Waals surface area contributed by atoms with E-state index in [1.165, 1.54) is 0 Å². The molecular formula is C10H11N3. The van der Waals surface area contributed by atoms with Gasteiger partial charge in [-0.15, -0.1) is 0 Å². The monoisotopic (exact) mass is 173 g/mol. The SMILES string of the molecule is Cc1cccc2ccc(NN)nc12. The molecule has 0 amide bonds. The molecule has 1 aromatic heterocycles. The summed E-state index contributed by atoms with van der Waals surface area (Å²) in [6, 6.07) is 9.96. The van der Waals surface area contributed by atoms with E-state index in [0.717, 1.165) is 16.5 Å². The van der Waals surface area contributed by atoms with Crippen LogP contribution >= 0.6 is 0 Å². The average molecular weight is 173 g/mol. The minimum absolute atomic E-state index is 0.696. The van der Waals surface area contributed by atoms with E-state index < -0.39 is 0 Å². The molecule has 0 fully saturated rings. The van der Waals surface area contributed by atoms with Crippen molar-refractivity contribution < 1.29 is 0 Å². The van der Waals surface area contributed by atoms with Crippen LogP contribution < -0.4 is 11.3 Å². The van der Waals surface area contributed by atoms with Gasteiger partial charge < -0.3 is 5.43 Å². The highest BCUT2D eigenvalue weighted by Gasteiger charge is 1.98. The second-order valence-electron chi connectivity index (χ2n) is 2.99. The second kappa shape index (κ2) is 3.03. The number of nitrogens with zero attached hydrogens (tertiary/aromatic N) is 1. The molecule has 0 spiro atoms. The molecule has 0 aliphatic carbocycles. The number of hydrazine groups is 1. The number of benzene rings is 1. The Kier molecular flexibility index (Phi) is 1.87. The lowest BCUT2D eigenvalue weighted by molar-refractivity contribution is 1.25. The maximum atomic E-state index is 5.28. The van der Waals surface area contributed by atoms with Crippen LogP contribution in [-0.2, 0) is 0 Å². The highest BCUT2D eigenvalue weighted by atomic mass is 15.2. The van der Waals surface area contributed by atoms with E-state index in [-0.39, 0.29) is 0 Å². The summed E-state index contributed by atoms with van der Waals surface area (Å²) in [7, 11) is 0. The lowest BCUT2D eigenvalue weighted by Crippen LogP contribution is -2.08. The lowest BCUT2D eigenvalue weighted by atomic mass is 10.1. The topological polar surface area (TPSA) is 50.9 Å². The van der Waals surface area contributed by atoms with Gasteiger partial charge in [0.15, 0.2) is 0 Å². The summed E-state index contributed by atoms with van der Waals surface area (Å²) >= 11 is 0. The van der Waals surface area contributed by atoms with Crippen LogP contribution in [0.1, 0.15) is 5.56 Å². The summed E-state index contributed by atoms with van der Waals surface area (Å²) in [5, 5.41) is 1.14.